The van der Waals surface area contributed by atoms with E-state index in [4.69, 9.17) is 9.47 Å². The van der Waals surface area contributed by atoms with Gasteiger partial charge >= 0.3 is 18.0 Å². The van der Waals surface area contributed by atoms with E-state index >= 15 is 0 Å². The van der Waals surface area contributed by atoms with Gasteiger partial charge in [-0.05, 0) is 30.7 Å². The average molecular weight is 337 g/mol. The summed E-state index contributed by atoms with van der Waals surface area (Å²) in [6.07, 6.45) is 1.03. The summed E-state index contributed by atoms with van der Waals surface area (Å²) in [5.41, 5.74) is 0.588. The fourth-order valence-electron chi connectivity index (χ4n) is 1.64. The largest absolute Gasteiger partial charge is 0.465 e. The van der Waals surface area contributed by atoms with Crippen LogP contribution < -0.4 is 5.32 Å². The van der Waals surface area contributed by atoms with Gasteiger partial charge in [-0.3, -0.25) is 0 Å². The lowest BCUT2D eigenvalue weighted by atomic mass is 10.1. The second kappa shape index (κ2) is 10.8. The first-order valence-corrected chi connectivity index (χ1v) is 7.28. The Morgan fingerprint density at radius 1 is 1.00 bits per heavy atom. The highest BCUT2D eigenvalue weighted by atomic mass is 16.6. The van der Waals surface area contributed by atoms with Crippen molar-refractivity contribution in [3.63, 3.8) is 0 Å². The number of hydrogen-bond donors (Lipinski definition) is 1. The average Bonchev–Trinajstić information content (AvgIpc) is 2.61. The zero-order valence-electron chi connectivity index (χ0n) is 13.3. The van der Waals surface area contributed by atoms with Gasteiger partial charge in [0.2, 0.25) is 0 Å². The van der Waals surface area contributed by atoms with Crippen LogP contribution in [0.2, 0.25) is 0 Å². The van der Waals surface area contributed by atoms with E-state index in [0.29, 0.717) is 24.9 Å². The van der Waals surface area contributed by atoms with Crippen LogP contribution in [0.3, 0.4) is 0 Å². The summed E-state index contributed by atoms with van der Waals surface area (Å²) in [7, 11) is 1.27. The van der Waals surface area contributed by atoms with Gasteiger partial charge in [-0.15, -0.1) is 0 Å². The quantitative estimate of drug-likeness (QED) is 0.313. The van der Waals surface area contributed by atoms with Crippen LogP contribution in [0.25, 0.3) is 0 Å². The lowest BCUT2D eigenvalue weighted by Crippen LogP contribution is -2.27. The van der Waals surface area contributed by atoms with Crippen molar-refractivity contribution in [3.8, 4) is 0 Å². The second-order valence-electron chi connectivity index (χ2n) is 4.58. The van der Waals surface area contributed by atoms with Crippen LogP contribution in [-0.2, 0) is 19.0 Å². The van der Waals surface area contributed by atoms with Crippen LogP contribution in [0.4, 0.5) is 4.79 Å². The highest BCUT2D eigenvalue weighted by Crippen LogP contribution is 2.07. The van der Waals surface area contributed by atoms with Crippen LogP contribution >= 0.6 is 0 Å². The molecule has 0 saturated carbocycles. The number of methoxy groups -OCH3 is 1. The molecule has 0 spiro atoms. The lowest BCUT2D eigenvalue weighted by Gasteiger charge is -2.07. The van der Waals surface area contributed by atoms with Gasteiger partial charge in [0, 0.05) is 13.0 Å². The van der Waals surface area contributed by atoms with E-state index in [1.165, 1.54) is 31.4 Å². The molecule has 1 N–H and O–H groups in total. The second-order valence-corrected chi connectivity index (χ2v) is 4.58. The Balaban J connectivity index is 2.25. The number of alkyl carbamates (subject to hydrolysis) is 1. The first-order valence-electron chi connectivity index (χ1n) is 7.28. The fraction of sp³-hybridized carbons (Fsp3) is 0.375. The number of aldehydes is 1. The van der Waals surface area contributed by atoms with Crippen molar-refractivity contribution in [1.29, 1.82) is 0 Å². The van der Waals surface area contributed by atoms with Gasteiger partial charge in [0.15, 0.2) is 0 Å². The molecule has 8 nitrogen and oxygen atoms in total. The van der Waals surface area contributed by atoms with E-state index in [2.05, 4.69) is 10.1 Å². The third-order valence-electron chi connectivity index (χ3n) is 2.86. The van der Waals surface area contributed by atoms with Gasteiger partial charge in [-0.1, -0.05) is 0 Å². The molecule has 0 heterocycles. The minimum Gasteiger partial charge on any atom is -0.465 e. The minimum absolute atomic E-state index is 0.0918. The van der Waals surface area contributed by atoms with Gasteiger partial charge in [0.25, 0.3) is 0 Å². The van der Waals surface area contributed by atoms with Gasteiger partial charge < -0.3 is 24.3 Å². The molecule has 0 atom stereocenters. The number of nitrogens with one attached hydrogen (secondary N) is 1. The molecule has 0 bridgehead atoms. The first-order chi connectivity index (χ1) is 11.6. The summed E-state index contributed by atoms with van der Waals surface area (Å²) in [4.78, 5) is 44.4. The number of carbonyl (C=O) groups excluding carboxylic acids is 4. The van der Waals surface area contributed by atoms with Crippen LogP contribution in [0, 0.1) is 0 Å². The van der Waals surface area contributed by atoms with Crippen molar-refractivity contribution in [2.45, 2.75) is 12.8 Å². The van der Waals surface area contributed by atoms with E-state index in [-0.39, 0.29) is 18.8 Å². The Bertz CT molecular complexity index is 568. The van der Waals surface area contributed by atoms with Crippen LogP contribution in [0.15, 0.2) is 24.3 Å². The SMILES string of the molecule is COC(=O)c1ccc(C(=O)OCCOC(=O)NCCCC=O)cc1. The summed E-state index contributed by atoms with van der Waals surface area (Å²) < 4.78 is 14.3. The lowest BCUT2D eigenvalue weighted by molar-refractivity contribution is -0.107. The number of benzene rings is 1. The summed E-state index contributed by atoms with van der Waals surface area (Å²) in [5.74, 6) is -1.09. The number of esters is 2. The van der Waals surface area contributed by atoms with Crippen LogP contribution in [-0.4, -0.2) is 51.2 Å². The molecule has 0 fully saturated rings. The smallest absolute Gasteiger partial charge is 0.407 e. The number of amides is 1. The van der Waals surface area contributed by atoms with Crippen LogP contribution in [0.1, 0.15) is 33.6 Å². The number of ether oxygens (including phenoxy) is 3. The van der Waals surface area contributed by atoms with Gasteiger partial charge in [0.1, 0.15) is 19.5 Å². The number of carbonyl (C=O) groups is 4. The Kier molecular flexibility index (Phi) is 8.59. The highest BCUT2D eigenvalue weighted by Gasteiger charge is 2.10. The molecule has 0 aromatic heterocycles. The zero-order valence-corrected chi connectivity index (χ0v) is 13.3. The summed E-state index contributed by atoms with van der Waals surface area (Å²) in [5, 5.41) is 2.46. The standard InChI is InChI=1S/C16H19NO7/c1-22-14(19)12-4-6-13(7-5-12)15(20)23-10-11-24-16(21)17-8-2-3-9-18/h4-7,9H,2-3,8,10-11H2,1H3,(H,17,21). The molecule has 24 heavy (non-hydrogen) atoms. The molecule has 1 aromatic carbocycles. The van der Waals surface area contributed by atoms with Gasteiger partial charge in [-0.25, -0.2) is 14.4 Å². The zero-order chi connectivity index (χ0) is 17.8. The first kappa shape index (κ1) is 19.1. The molecule has 0 unspecified atom stereocenters. The third-order valence-corrected chi connectivity index (χ3v) is 2.86. The summed E-state index contributed by atoms with van der Waals surface area (Å²) >= 11 is 0. The monoisotopic (exact) mass is 337 g/mol. The van der Waals surface area contributed by atoms with Gasteiger partial charge in [0.05, 0.1) is 18.2 Å². The van der Waals surface area contributed by atoms with Gasteiger partial charge in [-0.2, -0.15) is 0 Å². The molecule has 0 saturated heterocycles. The summed E-state index contributed by atoms with van der Waals surface area (Å²) in [6.45, 7) is 0.148. The summed E-state index contributed by atoms with van der Waals surface area (Å²) in [6, 6.07) is 5.78. The van der Waals surface area contributed by atoms with Crippen molar-refractivity contribution in [2.24, 2.45) is 0 Å². The van der Waals surface area contributed by atoms with Crippen molar-refractivity contribution < 1.29 is 33.4 Å². The molecule has 1 aromatic rings. The maximum Gasteiger partial charge on any atom is 0.407 e. The van der Waals surface area contributed by atoms with E-state index < -0.39 is 18.0 Å². The van der Waals surface area contributed by atoms with Crippen molar-refractivity contribution in [3.05, 3.63) is 35.4 Å². The normalized spacial score (nSPS) is 9.71. The Labute approximate surface area is 139 Å². The molecule has 0 aliphatic rings. The molecule has 0 aliphatic carbocycles. The Morgan fingerprint density at radius 2 is 1.58 bits per heavy atom. The highest BCUT2D eigenvalue weighted by molar-refractivity contribution is 5.93. The predicted octanol–water partition coefficient (Wildman–Crippen LogP) is 1.34. The maximum atomic E-state index is 11.8. The van der Waals surface area contributed by atoms with Crippen LogP contribution in [0.5, 0.6) is 0 Å². The molecular weight excluding hydrogens is 318 g/mol. The van der Waals surface area contributed by atoms with Crippen molar-refractivity contribution >= 4 is 24.3 Å². The minimum atomic E-state index is -0.639. The molecule has 1 amide bonds. The topological polar surface area (TPSA) is 108 Å². The van der Waals surface area contributed by atoms with Crippen molar-refractivity contribution in [2.75, 3.05) is 26.9 Å². The molecule has 130 valence electrons. The molecule has 0 radical (unpaired) electrons. The number of unbranched alkanes of at least 4 members (excludes halogenated alkanes) is 1. The van der Waals surface area contributed by atoms with Crippen molar-refractivity contribution in [1.82, 2.24) is 5.32 Å². The number of hydrogen-bond acceptors (Lipinski definition) is 7. The third kappa shape index (κ3) is 6.91. The fourth-order valence-corrected chi connectivity index (χ4v) is 1.64. The Hall–Kier alpha value is -2.90. The molecule has 1 rings (SSSR count). The molecule has 8 heteroatoms. The van der Waals surface area contributed by atoms with E-state index in [1.54, 1.807) is 0 Å². The number of rotatable bonds is 9. The molecule has 0 aliphatic heterocycles. The molecular formula is C16H19NO7. The Morgan fingerprint density at radius 3 is 2.17 bits per heavy atom. The van der Waals surface area contributed by atoms with E-state index in [0.717, 1.165) is 6.29 Å². The van der Waals surface area contributed by atoms with E-state index in [9.17, 15) is 19.2 Å². The maximum absolute atomic E-state index is 11.8. The van der Waals surface area contributed by atoms with E-state index in [1.807, 2.05) is 0 Å². The predicted molar refractivity (Wildman–Crippen MR) is 82.7 cm³/mol.